The highest BCUT2D eigenvalue weighted by Gasteiger charge is 2.28. The lowest BCUT2D eigenvalue weighted by molar-refractivity contribution is 0.364. The normalized spacial score (nSPS) is 13.2. The van der Waals surface area contributed by atoms with Gasteiger partial charge in [-0.3, -0.25) is 5.41 Å². The first-order valence-electron chi connectivity index (χ1n) is 4.96. The van der Waals surface area contributed by atoms with Gasteiger partial charge in [-0.2, -0.15) is 4.31 Å². The van der Waals surface area contributed by atoms with Crippen LogP contribution >= 0.6 is 0 Å². The van der Waals surface area contributed by atoms with E-state index in [0.717, 1.165) is 10.6 Å². The fourth-order valence-corrected chi connectivity index (χ4v) is 5.01. The van der Waals surface area contributed by atoms with Crippen LogP contribution in [-0.4, -0.2) is 50.9 Å². The molecule has 9 heteroatoms. The van der Waals surface area contributed by atoms with E-state index in [-0.39, 0.29) is 24.8 Å². The number of rotatable bonds is 7. The highest BCUT2D eigenvalue weighted by atomic mass is 32.3. The maximum atomic E-state index is 11.8. The number of nitrogens with two attached hydrogens (primary N) is 1. The van der Waals surface area contributed by atoms with Gasteiger partial charge >= 0.3 is 0 Å². The minimum atomic E-state index is -3.88. The molecule has 0 unspecified atom stereocenters. The Kier molecular flexibility index (Phi) is 5.56. The highest BCUT2D eigenvalue weighted by Crippen LogP contribution is 2.10. The average molecular weight is 285 g/mol. The molecule has 3 N–H and O–H groups in total. The van der Waals surface area contributed by atoms with Crippen molar-refractivity contribution in [2.45, 2.75) is 26.3 Å². The molecule has 0 rings (SSSR count). The van der Waals surface area contributed by atoms with E-state index in [1.807, 2.05) is 0 Å². The number of hydrogen-bond acceptors (Lipinski definition) is 5. The summed E-state index contributed by atoms with van der Waals surface area (Å²) in [6.07, 6.45) is 0.954. The lowest BCUT2D eigenvalue weighted by Gasteiger charge is -2.25. The predicted molar refractivity (Wildman–Crippen MR) is 67.0 cm³/mol. The van der Waals surface area contributed by atoms with Gasteiger partial charge in [-0.25, -0.2) is 16.8 Å². The SMILES string of the molecule is CC(C)N(CCC(=N)N)S(=O)(=O)CS(C)(=O)=O. The van der Waals surface area contributed by atoms with E-state index in [9.17, 15) is 16.8 Å². The molecule has 0 aromatic rings. The second kappa shape index (κ2) is 5.78. The topological polar surface area (TPSA) is 121 Å². The van der Waals surface area contributed by atoms with Crippen molar-refractivity contribution in [3.63, 3.8) is 0 Å². The van der Waals surface area contributed by atoms with Crippen LogP contribution in [0.3, 0.4) is 0 Å². The number of hydrogen-bond donors (Lipinski definition) is 2. The molecule has 0 aromatic carbocycles. The van der Waals surface area contributed by atoms with Crippen LogP contribution in [0.25, 0.3) is 0 Å². The summed E-state index contributed by atoms with van der Waals surface area (Å²) in [4.78, 5) is 0. The fourth-order valence-electron chi connectivity index (χ4n) is 1.29. The molecule has 0 spiro atoms. The molecule has 0 aliphatic rings. The van der Waals surface area contributed by atoms with Crippen molar-refractivity contribution in [3.8, 4) is 0 Å². The minimum Gasteiger partial charge on any atom is -0.388 e. The van der Waals surface area contributed by atoms with Gasteiger partial charge in [-0.15, -0.1) is 0 Å². The first-order chi connectivity index (χ1) is 7.46. The zero-order chi connectivity index (χ0) is 13.9. The van der Waals surface area contributed by atoms with Crippen molar-refractivity contribution in [3.05, 3.63) is 0 Å². The third-order valence-electron chi connectivity index (χ3n) is 1.90. The summed E-state index contributed by atoms with van der Waals surface area (Å²) in [5.41, 5.74) is 5.15. The summed E-state index contributed by atoms with van der Waals surface area (Å²) in [6, 6.07) is -0.374. The molecule has 0 aliphatic heterocycles. The molecule has 102 valence electrons. The van der Waals surface area contributed by atoms with Gasteiger partial charge in [-0.1, -0.05) is 0 Å². The molecule has 0 saturated heterocycles. The Labute approximate surface area is 102 Å². The van der Waals surface area contributed by atoms with Crippen molar-refractivity contribution in [2.75, 3.05) is 17.9 Å². The van der Waals surface area contributed by atoms with E-state index in [1.165, 1.54) is 0 Å². The van der Waals surface area contributed by atoms with E-state index in [2.05, 4.69) is 0 Å². The minimum absolute atomic E-state index is 0.0187. The van der Waals surface area contributed by atoms with E-state index < -0.39 is 24.9 Å². The van der Waals surface area contributed by atoms with Crippen LogP contribution in [0, 0.1) is 5.41 Å². The van der Waals surface area contributed by atoms with Crippen LogP contribution in [0.5, 0.6) is 0 Å². The van der Waals surface area contributed by atoms with Crippen molar-refractivity contribution < 1.29 is 16.8 Å². The Morgan fingerprint density at radius 3 is 2.06 bits per heavy atom. The number of nitrogens with one attached hydrogen (secondary N) is 1. The maximum Gasteiger partial charge on any atom is 0.228 e. The lowest BCUT2D eigenvalue weighted by atomic mass is 10.3. The molecule has 0 saturated carbocycles. The first-order valence-corrected chi connectivity index (χ1v) is 8.63. The van der Waals surface area contributed by atoms with Gasteiger partial charge in [0.2, 0.25) is 10.0 Å². The number of sulfone groups is 1. The average Bonchev–Trinajstić information content (AvgIpc) is 1.96. The zero-order valence-corrected chi connectivity index (χ0v) is 11.8. The second-order valence-electron chi connectivity index (χ2n) is 4.14. The molecule has 0 aliphatic carbocycles. The predicted octanol–water partition coefficient (Wildman–Crippen LogP) is -0.645. The molecule has 0 bridgehead atoms. The van der Waals surface area contributed by atoms with Gasteiger partial charge in [0, 0.05) is 25.3 Å². The molecular weight excluding hydrogens is 266 g/mol. The van der Waals surface area contributed by atoms with Gasteiger partial charge < -0.3 is 5.73 Å². The highest BCUT2D eigenvalue weighted by molar-refractivity contribution is 8.06. The summed E-state index contributed by atoms with van der Waals surface area (Å²) in [6.45, 7) is 3.30. The molecule has 0 fully saturated rings. The van der Waals surface area contributed by atoms with Crippen molar-refractivity contribution >= 4 is 25.7 Å². The fraction of sp³-hybridized carbons (Fsp3) is 0.875. The van der Waals surface area contributed by atoms with E-state index in [1.54, 1.807) is 13.8 Å². The van der Waals surface area contributed by atoms with E-state index in [4.69, 9.17) is 11.1 Å². The largest absolute Gasteiger partial charge is 0.388 e. The Bertz CT molecular complexity index is 467. The van der Waals surface area contributed by atoms with Gasteiger partial charge in [0.15, 0.2) is 14.9 Å². The Morgan fingerprint density at radius 2 is 1.76 bits per heavy atom. The third-order valence-corrected chi connectivity index (χ3v) is 6.12. The van der Waals surface area contributed by atoms with Gasteiger partial charge in [-0.05, 0) is 13.8 Å². The summed E-state index contributed by atoms with van der Waals surface area (Å²) >= 11 is 0. The number of sulfonamides is 1. The molecule has 0 aromatic heterocycles. The summed E-state index contributed by atoms with van der Waals surface area (Å²) in [5.74, 6) is -0.134. The molecule has 0 atom stereocenters. The third kappa shape index (κ3) is 6.59. The molecule has 0 heterocycles. The smallest absolute Gasteiger partial charge is 0.228 e. The van der Waals surface area contributed by atoms with Crippen LogP contribution in [-0.2, 0) is 19.9 Å². The summed E-state index contributed by atoms with van der Waals surface area (Å²) in [5, 5.41) is 6.13. The van der Waals surface area contributed by atoms with Crippen LogP contribution in [0.2, 0.25) is 0 Å². The molecule has 0 amide bonds. The van der Waals surface area contributed by atoms with E-state index >= 15 is 0 Å². The van der Waals surface area contributed by atoms with Crippen LogP contribution in [0.1, 0.15) is 20.3 Å². The van der Waals surface area contributed by atoms with Crippen LogP contribution in [0.4, 0.5) is 0 Å². The van der Waals surface area contributed by atoms with Crippen LogP contribution < -0.4 is 5.73 Å². The van der Waals surface area contributed by atoms with Gasteiger partial charge in [0.1, 0.15) is 0 Å². The Morgan fingerprint density at radius 1 is 1.29 bits per heavy atom. The quantitative estimate of drug-likeness (QED) is 0.476. The first kappa shape index (κ1) is 16.3. The molecule has 17 heavy (non-hydrogen) atoms. The number of amidine groups is 1. The van der Waals surface area contributed by atoms with Crippen molar-refractivity contribution in [2.24, 2.45) is 5.73 Å². The van der Waals surface area contributed by atoms with Crippen LogP contribution in [0.15, 0.2) is 0 Å². The molecule has 7 nitrogen and oxygen atoms in total. The van der Waals surface area contributed by atoms with Crippen molar-refractivity contribution in [1.82, 2.24) is 4.31 Å². The summed E-state index contributed by atoms with van der Waals surface area (Å²) < 4.78 is 46.8. The maximum absolute atomic E-state index is 11.8. The summed E-state index contributed by atoms with van der Waals surface area (Å²) in [7, 11) is -7.50. The van der Waals surface area contributed by atoms with Gasteiger partial charge in [0.05, 0.1) is 5.84 Å². The van der Waals surface area contributed by atoms with Gasteiger partial charge in [0.25, 0.3) is 0 Å². The lowest BCUT2D eigenvalue weighted by Crippen LogP contribution is -2.41. The Hall–Kier alpha value is -0.670. The van der Waals surface area contributed by atoms with E-state index in [0.29, 0.717) is 0 Å². The monoisotopic (exact) mass is 285 g/mol. The standard InChI is InChI=1S/C8H19N3O4S2/c1-7(2)11(5-4-8(9)10)17(14,15)6-16(3,12)13/h7H,4-6H2,1-3H3,(H3,9,10). The van der Waals surface area contributed by atoms with Crippen molar-refractivity contribution in [1.29, 1.82) is 5.41 Å². The molecular formula is C8H19N3O4S2. The second-order valence-corrected chi connectivity index (χ2v) is 8.56. The molecule has 0 radical (unpaired) electrons. The Balaban J connectivity index is 4.99. The zero-order valence-electron chi connectivity index (χ0n) is 10.2. The number of nitrogens with zero attached hydrogens (tertiary/aromatic N) is 1.